The zero-order valence-electron chi connectivity index (χ0n) is 21.4. The largest absolute Gasteiger partial charge is 0.416 e. The third-order valence-corrected chi connectivity index (χ3v) is 7.71. The average Bonchev–Trinajstić information content (AvgIpc) is 3.55. The Labute approximate surface area is 227 Å². The fourth-order valence-electron chi connectivity index (χ4n) is 5.11. The number of halogens is 7. The molecule has 4 rings (SSSR count). The summed E-state index contributed by atoms with van der Waals surface area (Å²) in [5.74, 6) is -0.903. The van der Waals surface area contributed by atoms with Gasteiger partial charge in [0.2, 0.25) is 15.9 Å². The van der Waals surface area contributed by atoms with E-state index in [4.69, 9.17) is 0 Å². The minimum absolute atomic E-state index is 0.0427. The van der Waals surface area contributed by atoms with Crippen LogP contribution in [0.1, 0.15) is 47.9 Å². The summed E-state index contributed by atoms with van der Waals surface area (Å²) in [4.78, 5) is 15.3. The molecular formula is C26H28F7N3O3S. The highest BCUT2D eigenvalue weighted by Gasteiger charge is 2.47. The number of nitrogens with zero attached hydrogens (tertiary/aromatic N) is 1. The Kier molecular flexibility index (Phi) is 8.16. The topological polar surface area (TPSA) is 78.5 Å². The highest BCUT2D eigenvalue weighted by atomic mass is 32.2. The zero-order valence-corrected chi connectivity index (χ0v) is 22.2. The molecule has 1 atom stereocenters. The normalized spacial score (nSPS) is 20.5. The number of carbonyl (C=O) groups is 1. The number of hydrogen-bond donors (Lipinski definition) is 2. The van der Waals surface area contributed by atoms with Crippen molar-refractivity contribution in [1.29, 1.82) is 0 Å². The van der Waals surface area contributed by atoms with Gasteiger partial charge in [-0.25, -0.2) is 12.8 Å². The van der Waals surface area contributed by atoms with E-state index in [-0.39, 0.29) is 30.4 Å². The molecule has 2 aliphatic rings. The van der Waals surface area contributed by atoms with Crippen LogP contribution in [0.2, 0.25) is 0 Å². The van der Waals surface area contributed by atoms with E-state index in [0.29, 0.717) is 43.0 Å². The van der Waals surface area contributed by atoms with Gasteiger partial charge in [0, 0.05) is 19.6 Å². The average molecular weight is 596 g/mol. The molecule has 0 bridgehead atoms. The molecule has 40 heavy (non-hydrogen) atoms. The Bertz CT molecular complexity index is 1340. The van der Waals surface area contributed by atoms with Crippen molar-refractivity contribution < 1.29 is 43.9 Å². The first-order chi connectivity index (χ1) is 18.4. The molecule has 14 heteroatoms. The molecule has 1 heterocycles. The molecule has 0 radical (unpaired) electrons. The third-order valence-electron chi connectivity index (χ3n) is 7.12. The van der Waals surface area contributed by atoms with E-state index in [2.05, 4.69) is 10.0 Å². The lowest BCUT2D eigenvalue weighted by atomic mass is 9.80. The van der Waals surface area contributed by atoms with Gasteiger partial charge in [-0.3, -0.25) is 14.4 Å². The van der Waals surface area contributed by atoms with E-state index in [1.165, 1.54) is 12.1 Å². The van der Waals surface area contributed by atoms with Crippen molar-refractivity contribution in [2.24, 2.45) is 11.3 Å². The maximum Gasteiger partial charge on any atom is 0.416 e. The third kappa shape index (κ3) is 7.65. The van der Waals surface area contributed by atoms with E-state index in [1.54, 1.807) is 0 Å². The second-order valence-corrected chi connectivity index (χ2v) is 12.4. The monoisotopic (exact) mass is 595 g/mol. The number of hydrogen-bond acceptors (Lipinski definition) is 4. The zero-order chi connectivity index (χ0) is 29.5. The first-order valence-corrected chi connectivity index (χ1v) is 14.4. The highest BCUT2D eigenvalue weighted by molar-refractivity contribution is 7.92. The van der Waals surface area contributed by atoms with Crippen LogP contribution in [-0.4, -0.2) is 38.6 Å². The molecule has 2 aromatic rings. The van der Waals surface area contributed by atoms with Crippen molar-refractivity contribution in [2.45, 2.75) is 51.1 Å². The SMILES string of the molecule is CS(=O)(=O)Nc1cc(CN2CCC(CC3CC3)(C(=O)NCc3cc(C(F)(F)F)cc(C(F)(F)F)c3)C2)ccc1F. The smallest absolute Gasteiger partial charge is 0.352 e. The van der Waals surface area contributed by atoms with Crippen LogP contribution in [0.4, 0.5) is 36.4 Å². The van der Waals surface area contributed by atoms with Crippen molar-refractivity contribution in [3.8, 4) is 0 Å². The summed E-state index contributed by atoms with van der Waals surface area (Å²) in [5, 5.41) is 2.57. The van der Waals surface area contributed by atoms with E-state index in [0.717, 1.165) is 25.2 Å². The van der Waals surface area contributed by atoms with Gasteiger partial charge < -0.3 is 5.32 Å². The van der Waals surface area contributed by atoms with Crippen LogP contribution in [0.5, 0.6) is 0 Å². The van der Waals surface area contributed by atoms with Crippen molar-refractivity contribution in [1.82, 2.24) is 10.2 Å². The van der Waals surface area contributed by atoms with Crippen molar-refractivity contribution >= 4 is 21.6 Å². The lowest BCUT2D eigenvalue weighted by Crippen LogP contribution is -2.43. The molecule has 6 nitrogen and oxygen atoms in total. The first kappa shape index (κ1) is 30.1. The summed E-state index contributed by atoms with van der Waals surface area (Å²) in [5.41, 5.74) is -3.72. The van der Waals surface area contributed by atoms with E-state index in [1.807, 2.05) is 4.90 Å². The van der Waals surface area contributed by atoms with Gasteiger partial charge >= 0.3 is 12.4 Å². The number of alkyl halides is 6. The van der Waals surface area contributed by atoms with E-state index < -0.39 is 57.2 Å². The Morgan fingerprint density at radius 2 is 1.62 bits per heavy atom. The lowest BCUT2D eigenvalue weighted by molar-refractivity contribution is -0.143. The second-order valence-electron chi connectivity index (χ2n) is 10.7. The fourth-order valence-corrected chi connectivity index (χ4v) is 5.67. The van der Waals surface area contributed by atoms with Gasteiger partial charge in [-0.1, -0.05) is 18.9 Å². The van der Waals surface area contributed by atoms with Gasteiger partial charge in [-0.2, -0.15) is 26.3 Å². The molecule has 2 aromatic carbocycles. The Hall–Kier alpha value is -2.87. The predicted octanol–water partition coefficient (Wildman–Crippen LogP) is 5.54. The quantitative estimate of drug-likeness (QED) is 0.373. The molecular weight excluding hydrogens is 567 g/mol. The van der Waals surface area contributed by atoms with Gasteiger partial charge in [-0.15, -0.1) is 0 Å². The molecule has 0 aromatic heterocycles. The van der Waals surface area contributed by atoms with Crippen molar-refractivity contribution in [3.05, 3.63) is 64.5 Å². The second kappa shape index (κ2) is 10.8. The van der Waals surface area contributed by atoms with Crippen LogP contribution in [0, 0.1) is 17.2 Å². The van der Waals surface area contributed by atoms with E-state index >= 15 is 0 Å². The first-order valence-electron chi connectivity index (χ1n) is 12.5. The van der Waals surface area contributed by atoms with Crippen LogP contribution in [-0.2, 0) is 40.3 Å². The lowest BCUT2D eigenvalue weighted by Gasteiger charge is -2.29. The summed E-state index contributed by atoms with van der Waals surface area (Å²) >= 11 is 0. The van der Waals surface area contributed by atoms with Crippen molar-refractivity contribution in [2.75, 3.05) is 24.1 Å². The summed E-state index contributed by atoms with van der Waals surface area (Å²) in [6.45, 7) is 0.518. The maximum atomic E-state index is 14.1. The molecule has 220 valence electrons. The van der Waals surface area contributed by atoms with Gasteiger partial charge in [-0.05, 0) is 66.8 Å². The number of likely N-dealkylation sites (tertiary alicyclic amines) is 1. The number of anilines is 1. The van der Waals surface area contributed by atoms with Gasteiger partial charge in [0.1, 0.15) is 5.82 Å². The standard InChI is InChI=1S/C26H28F7N3O3S/c1-40(38,39)35-22-10-17(4-5-21(22)27)14-36-7-6-24(15-36,12-16-2-3-16)23(37)34-13-18-8-19(25(28,29)30)11-20(9-18)26(31,32)33/h4-5,8-11,16,35H,2-3,6-7,12-15H2,1H3,(H,34,37). The molecule has 1 saturated heterocycles. The fraction of sp³-hybridized carbons (Fsp3) is 0.500. The summed E-state index contributed by atoms with van der Waals surface area (Å²) in [6.07, 6.45) is -6.29. The number of carbonyl (C=O) groups excluding carboxylic acids is 1. The minimum Gasteiger partial charge on any atom is -0.352 e. The summed E-state index contributed by atoms with van der Waals surface area (Å²) in [6, 6.07) is 5.23. The molecule has 0 spiro atoms. The molecule has 1 aliphatic heterocycles. The molecule has 2 N–H and O–H groups in total. The predicted molar refractivity (Wildman–Crippen MR) is 133 cm³/mol. The van der Waals surface area contributed by atoms with Gasteiger partial charge in [0.05, 0.1) is 28.5 Å². The Morgan fingerprint density at radius 3 is 2.17 bits per heavy atom. The number of sulfonamides is 1. The summed E-state index contributed by atoms with van der Waals surface area (Å²) < 4.78 is 119. The number of nitrogens with one attached hydrogen (secondary N) is 2. The van der Waals surface area contributed by atoms with Gasteiger partial charge in [0.15, 0.2) is 0 Å². The van der Waals surface area contributed by atoms with Crippen LogP contribution in [0.25, 0.3) is 0 Å². The molecule has 2 fully saturated rings. The molecule has 1 unspecified atom stereocenters. The maximum absolute atomic E-state index is 14.1. The molecule has 1 amide bonds. The van der Waals surface area contributed by atoms with Crippen LogP contribution in [0.15, 0.2) is 36.4 Å². The van der Waals surface area contributed by atoms with E-state index in [9.17, 15) is 43.9 Å². The minimum atomic E-state index is -4.99. The number of rotatable bonds is 9. The Balaban J connectivity index is 1.49. The Morgan fingerprint density at radius 1 is 1.00 bits per heavy atom. The van der Waals surface area contributed by atoms with Gasteiger partial charge in [0.25, 0.3) is 0 Å². The summed E-state index contributed by atoms with van der Waals surface area (Å²) in [7, 11) is -3.71. The number of benzene rings is 2. The van der Waals surface area contributed by atoms with Crippen molar-refractivity contribution in [3.63, 3.8) is 0 Å². The highest BCUT2D eigenvalue weighted by Crippen LogP contribution is 2.46. The van der Waals surface area contributed by atoms with Crippen LogP contribution >= 0.6 is 0 Å². The molecule has 1 aliphatic carbocycles. The van der Waals surface area contributed by atoms with Crippen LogP contribution < -0.4 is 10.0 Å². The van der Waals surface area contributed by atoms with Crippen LogP contribution in [0.3, 0.4) is 0 Å². The molecule has 1 saturated carbocycles. The number of amides is 1.